The molecule has 1 unspecified atom stereocenters. The lowest BCUT2D eigenvalue weighted by atomic mass is 10.2. The highest BCUT2D eigenvalue weighted by Crippen LogP contribution is 2.13. The summed E-state index contributed by atoms with van der Waals surface area (Å²) in [6.45, 7) is 3.57. The summed E-state index contributed by atoms with van der Waals surface area (Å²) in [5.74, 6) is 0. The Balaban J connectivity index is 1.41. The monoisotopic (exact) mass is 289 g/mol. The number of hydrogen-bond acceptors (Lipinski definition) is 3. The number of rotatable bonds is 9. The Hall–Kier alpha value is -1.16. The Kier molecular flexibility index (Phi) is 8.15. The third-order valence-electron chi connectivity index (χ3n) is 3.55. The maximum Gasteiger partial charge on any atom is 0.157 e. The van der Waals surface area contributed by atoms with E-state index in [1.54, 1.807) is 0 Å². The Morgan fingerprint density at radius 2 is 2.00 bits per heavy atom. The lowest BCUT2D eigenvalue weighted by Crippen LogP contribution is -2.22. The van der Waals surface area contributed by atoms with Gasteiger partial charge in [0.2, 0.25) is 0 Å². The van der Waals surface area contributed by atoms with Crippen LogP contribution in [0.1, 0.15) is 37.7 Å². The fourth-order valence-corrected chi connectivity index (χ4v) is 2.36. The molecule has 1 aliphatic heterocycles. The highest BCUT2D eigenvalue weighted by Gasteiger charge is 2.12. The minimum absolute atomic E-state index is 0.0414. The summed E-state index contributed by atoms with van der Waals surface area (Å²) in [5.41, 5.74) is 1.34. The molecular weight excluding hydrogens is 262 g/mol. The minimum Gasteiger partial charge on any atom is -0.353 e. The number of benzene rings is 1. The van der Waals surface area contributed by atoms with Gasteiger partial charge in [-0.25, -0.2) is 0 Å². The summed E-state index contributed by atoms with van der Waals surface area (Å²) < 4.78 is 11.2. The molecule has 3 heteroatoms. The van der Waals surface area contributed by atoms with Crippen molar-refractivity contribution >= 4 is 0 Å². The molecule has 1 N–H and O–H groups in total. The first-order chi connectivity index (χ1) is 10.4. The Morgan fingerprint density at radius 3 is 2.81 bits per heavy atom. The van der Waals surface area contributed by atoms with E-state index >= 15 is 0 Å². The smallest absolute Gasteiger partial charge is 0.157 e. The maximum absolute atomic E-state index is 5.68. The molecule has 0 bridgehead atoms. The van der Waals surface area contributed by atoms with Gasteiger partial charge in [0.1, 0.15) is 0 Å². The minimum atomic E-state index is 0.0414. The van der Waals surface area contributed by atoms with E-state index in [-0.39, 0.29) is 6.29 Å². The molecule has 0 spiro atoms. The molecule has 0 saturated carbocycles. The molecule has 1 heterocycles. The van der Waals surface area contributed by atoms with Gasteiger partial charge in [-0.15, -0.1) is 0 Å². The van der Waals surface area contributed by atoms with Gasteiger partial charge in [-0.2, -0.15) is 0 Å². The first kappa shape index (κ1) is 16.2. The summed E-state index contributed by atoms with van der Waals surface area (Å²) >= 11 is 0. The molecular formula is C18H27NO2. The van der Waals surface area contributed by atoms with Gasteiger partial charge in [0.05, 0.1) is 6.61 Å². The highest BCUT2D eigenvalue weighted by atomic mass is 16.7. The molecule has 0 amide bonds. The summed E-state index contributed by atoms with van der Waals surface area (Å²) in [6, 6.07) is 10.5. The Labute approximate surface area is 128 Å². The van der Waals surface area contributed by atoms with Crippen molar-refractivity contribution in [2.45, 2.75) is 44.9 Å². The van der Waals surface area contributed by atoms with Crippen molar-refractivity contribution in [1.82, 2.24) is 5.32 Å². The maximum atomic E-state index is 5.68. The molecule has 3 nitrogen and oxygen atoms in total. The van der Waals surface area contributed by atoms with Crippen LogP contribution in [0.25, 0.3) is 0 Å². The van der Waals surface area contributed by atoms with Crippen molar-refractivity contribution in [2.75, 3.05) is 19.8 Å². The van der Waals surface area contributed by atoms with Crippen LogP contribution in [0.3, 0.4) is 0 Å². The fraction of sp³-hybridized carbons (Fsp3) is 0.556. The zero-order chi connectivity index (χ0) is 14.6. The number of hydrogen-bond donors (Lipinski definition) is 1. The third kappa shape index (κ3) is 7.42. The largest absolute Gasteiger partial charge is 0.353 e. The van der Waals surface area contributed by atoms with Crippen LogP contribution in [0.5, 0.6) is 0 Å². The van der Waals surface area contributed by atoms with Gasteiger partial charge < -0.3 is 14.8 Å². The Bertz CT molecular complexity index is 385. The van der Waals surface area contributed by atoms with Crippen molar-refractivity contribution < 1.29 is 9.47 Å². The first-order valence-corrected chi connectivity index (χ1v) is 8.08. The number of nitrogens with one attached hydrogen (secondary N) is 1. The second-order valence-electron chi connectivity index (χ2n) is 5.38. The predicted molar refractivity (Wildman–Crippen MR) is 86.1 cm³/mol. The highest BCUT2D eigenvalue weighted by molar-refractivity contribution is 5.14. The van der Waals surface area contributed by atoms with Crippen LogP contribution in [0.4, 0.5) is 0 Å². The second kappa shape index (κ2) is 10.6. The normalized spacial score (nSPS) is 19.1. The SMILES string of the molecule is C(=C/CCOC1CCCCO1)/CCNCc1ccccc1. The molecule has 1 fully saturated rings. The van der Waals surface area contributed by atoms with Crippen LogP contribution >= 0.6 is 0 Å². The average Bonchev–Trinajstić information content (AvgIpc) is 2.55. The van der Waals surface area contributed by atoms with Crippen molar-refractivity contribution in [3.05, 3.63) is 48.0 Å². The second-order valence-corrected chi connectivity index (χ2v) is 5.38. The van der Waals surface area contributed by atoms with E-state index in [1.165, 1.54) is 18.4 Å². The molecule has 0 aliphatic carbocycles. The zero-order valence-electron chi connectivity index (χ0n) is 12.8. The van der Waals surface area contributed by atoms with E-state index in [0.29, 0.717) is 0 Å². The molecule has 1 aromatic carbocycles. The molecule has 21 heavy (non-hydrogen) atoms. The molecule has 1 aromatic rings. The summed E-state index contributed by atoms with van der Waals surface area (Å²) in [6.07, 6.45) is 9.96. The lowest BCUT2D eigenvalue weighted by molar-refractivity contribution is -0.161. The molecule has 2 rings (SSSR count). The molecule has 0 radical (unpaired) electrons. The van der Waals surface area contributed by atoms with Crippen LogP contribution in [0.15, 0.2) is 42.5 Å². The van der Waals surface area contributed by atoms with E-state index in [1.807, 2.05) is 6.07 Å². The van der Waals surface area contributed by atoms with E-state index < -0.39 is 0 Å². The van der Waals surface area contributed by atoms with Crippen molar-refractivity contribution in [2.24, 2.45) is 0 Å². The van der Waals surface area contributed by atoms with E-state index in [2.05, 4.69) is 41.7 Å². The zero-order valence-corrected chi connectivity index (χ0v) is 12.8. The van der Waals surface area contributed by atoms with Crippen LogP contribution in [-0.4, -0.2) is 26.0 Å². The van der Waals surface area contributed by atoms with Gasteiger partial charge in [0.25, 0.3) is 0 Å². The van der Waals surface area contributed by atoms with Gasteiger partial charge in [0.15, 0.2) is 6.29 Å². The standard InChI is InChI=1S/C18H27NO2/c1(2-8-14-20-18-12-6-9-15-21-18)7-13-19-16-17-10-4-3-5-11-17/h1-5,10-11,18-19H,6-9,12-16H2/b2-1-. The fourth-order valence-electron chi connectivity index (χ4n) is 2.36. The van der Waals surface area contributed by atoms with E-state index in [9.17, 15) is 0 Å². The van der Waals surface area contributed by atoms with Gasteiger partial charge in [0, 0.05) is 13.2 Å². The first-order valence-electron chi connectivity index (χ1n) is 8.08. The lowest BCUT2D eigenvalue weighted by Gasteiger charge is -2.22. The predicted octanol–water partition coefficient (Wildman–Crippen LogP) is 3.66. The quantitative estimate of drug-likeness (QED) is 0.556. The molecule has 0 aromatic heterocycles. The van der Waals surface area contributed by atoms with Crippen molar-refractivity contribution in [1.29, 1.82) is 0 Å². The summed E-state index contributed by atoms with van der Waals surface area (Å²) in [4.78, 5) is 0. The third-order valence-corrected chi connectivity index (χ3v) is 3.55. The summed E-state index contributed by atoms with van der Waals surface area (Å²) in [7, 11) is 0. The average molecular weight is 289 g/mol. The topological polar surface area (TPSA) is 30.5 Å². The van der Waals surface area contributed by atoms with Crippen LogP contribution in [0.2, 0.25) is 0 Å². The molecule has 116 valence electrons. The Morgan fingerprint density at radius 1 is 1.14 bits per heavy atom. The van der Waals surface area contributed by atoms with Crippen LogP contribution in [0, 0.1) is 0 Å². The number of ether oxygens (including phenoxy) is 2. The van der Waals surface area contributed by atoms with Gasteiger partial charge in [-0.1, -0.05) is 42.5 Å². The molecule has 1 aliphatic rings. The molecule has 1 atom stereocenters. The summed E-state index contributed by atoms with van der Waals surface area (Å²) in [5, 5.41) is 3.44. The van der Waals surface area contributed by atoms with Gasteiger partial charge >= 0.3 is 0 Å². The van der Waals surface area contributed by atoms with E-state index in [4.69, 9.17) is 9.47 Å². The van der Waals surface area contributed by atoms with E-state index in [0.717, 1.165) is 45.6 Å². The van der Waals surface area contributed by atoms with Crippen molar-refractivity contribution in [3.8, 4) is 0 Å². The van der Waals surface area contributed by atoms with Crippen LogP contribution in [-0.2, 0) is 16.0 Å². The molecule has 1 saturated heterocycles. The van der Waals surface area contributed by atoms with Gasteiger partial charge in [-0.3, -0.25) is 0 Å². The van der Waals surface area contributed by atoms with Crippen molar-refractivity contribution in [3.63, 3.8) is 0 Å². The van der Waals surface area contributed by atoms with Crippen LogP contribution < -0.4 is 5.32 Å². The van der Waals surface area contributed by atoms with Gasteiger partial charge in [-0.05, 0) is 44.2 Å².